The van der Waals surface area contributed by atoms with E-state index in [2.05, 4.69) is 26.3 Å². The first-order chi connectivity index (χ1) is 29.1. The SMILES string of the molecule is COC(=O)[C@@H]1Cc2ccc(cc2)OCCn2cc(nn2)COc2ccccc2C(=O)N[C@H](CC(C)C)C(=O)N2CCC[C@@H]2C(=O)N[C@H](Cc2csc3ccccc23)C(=O)N1. The summed E-state index contributed by atoms with van der Waals surface area (Å²) in [7, 11) is 1.25. The number of nitrogens with one attached hydrogen (secondary N) is 3. The topological polar surface area (TPSA) is 183 Å². The van der Waals surface area contributed by atoms with Gasteiger partial charge in [0.1, 0.15) is 54.6 Å². The van der Waals surface area contributed by atoms with Gasteiger partial charge in [0, 0.05) is 24.1 Å². The minimum absolute atomic E-state index is 0.0207. The molecule has 4 atom stereocenters. The Morgan fingerprint density at radius 1 is 0.917 bits per heavy atom. The fraction of sp³-hybridized carbons (Fsp3) is 0.386. The molecule has 0 spiro atoms. The lowest BCUT2D eigenvalue weighted by atomic mass is 10.0. The van der Waals surface area contributed by atoms with Crippen molar-refractivity contribution < 1.29 is 38.2 Å². The van der Waals surface area contributed by atoms with Gasteiger partial charge in [0.25, 0.3) is 5.91 Å². The Labute approximate surface area is 351 Å². The molecular weight excluding hydrogens is 787 g/mol. The van der Waals surface area contributed by atoms with Gasteiger partial charge < -0.3 is 35.1 Å². The van der Waals surface area contributed by atoms with Crippen LogP contribution in [-0.4, -0.2) is 93.9 Å². The number of thiophene rings is 1. The second-order valence-electron chi connectivity index (χ2n) is 15.4. The van der Waals surface area contributed by atoms with Gasteiger partial charge in [0.15, 0.2) is 0 Å². The number of benzene rings is 3. The number of aromatic nitrogens is 3. The number of esters is 1. The Morgan fingerprint density at radius 2 is 1.70 bits per heavy atom. The van der Waals surface area contributed by atoms with E-state index < -0.39 is 53.8 Å². The van der Waals surface area contributed by atoms with Gasteiger partial charge in [0.2, 0.25) is 17.7 Å². The number of carbonyl (C=O) groups excluding carboxylic acids is 5. The van der Waals surface area contributed by atoms with E-state index >= 15 is 0 Å². The van der Waals surface area contributed by atoms with Crippen LogP contribution in [0.25, 0.3) is 10.1 Å². The Bertz CT molecular complexity index is 2330. The predicted molar refractivity (Wildman–Crippen MR) is 223 cm³/mol. The van der Waals surface area contributed by atoms with E-state index in [1.165, 1.54) is 23.3 Å². The number of methoxy groups -OCH3 is 1. The third kappa shape index (κ3) is 10.1. The summed E-state index contributed by atoms with van der Waals surface area (Å²) in [5, 5.41) is 20.0. The van der Waals surface area contributed by atoms with Crippen LogP contribution in [0.4, 0.5) is 0 Å². The van der Waals surface area contributed by atoms with Crippen LogP contribution >= 0.6 is 11.3 Å². The van der Waals surface area contributed by atoms with E-state index in [4.69, 9.17) is 14.2 Å². The van der Waals surface area contributed by atoms with Gasteiger partial charge in [-0.25, -0.2) is 9.48 Å². The predicted octanol–water partition coefficient (Wildman–Crippen LogP) is 4.23. The van der Waals surface area contributed by atoms with Crippen molar-refractivity contribution in [2.24, 2.45) is 5.92 Å². The van der Waals surface area contributed by atoms with Gasteiger partial charge in [-0.2, -0.15) is 0 Å². The lowest BCUT2D eigenvalue weighted by Crippen LogP contribution is -2.58. The second-order valence-corrected chi connectivity index (χ2v) is 16.3. The molecule has 3 aliphatic rings. The standard InChI is InChI=1S/C44H49N7O8S/c1-27(2)21-35-43(55)51-18-8-11-37(51)42(54)45-34(23-29-26-60-39-13-7-5-9-32(29)39)41(53)47-36(44(56)57-3)22-28-14-16-31(17-15-28)58-20-19-50-24-30(48-49-50)25-59-38-12-6-4-10-33(38)40(52)46-35/h4-7,9-10,12-17,24,26-27,34-37H,8,11,18-23,25H2,1-3H3,(H,45,54)(H,46,52)(H,47,53)/t34-,35-,36+,37-/m1/s1. The highest BCUT2D eigenvalue weighted by Gasteiger charge is 2.40. The van der Waals surface area contributed by atoms with E-state index in [1.54, 1.807) is 59.4 Å². The van der Waals surface area contributed by atoms with Gasteiger partial charge in [-0.1, -0.05) is 61.5 Å². The Morgan fingerprint density at radius 3 is 2.50 bits per heavy atom. The maximum Gasteiger partial charge on any atom is 0.328 e. The molecule has 8 rings (SSSR count). The summed E-state index contributed by atoms with van der Waals surface area (Å²) >= 11 is 1.53. The highest BCUT2D eigenvalue weighted by Crippen LogP contribution is 2.28. The van der Waals surface area contributed by atoms with Gasteiger partial charge >= 0.3 is 5.97 Å². The van der Waals surface area contributed by atoms with E-state index in [0.29, 0.717) is 49.5 Å². The summed E-state index contributed by atoms with van der Waals surface area (Å²) in [5.41, 5.74) is 2.37. The van der Waals surface area contributed by atoms with Crippen LogP contribution in [0, 0.1) is 5.92 Å². The zero-order valence-electron chi connectivity index (χ0n) is 33.8. The molecule has 1 fully saturated rings. The molecule has 3 aliphatic heterocycles. The number of ether oxygens (including phenoxy) is 3. The molecule has 15 nitrogen and oxygen atoms in total. The van der Waals surface area contributed by atoms with Crippen LogP contribution in [0.3, 0.4) is 0 Å². The van der Waals surface area contributed by atoms with Crippen LogP contribution < -0.4 is 25.4 Å². The van der Waals surface area contributed by atoms with Crippen molar-refractivity contribution in [3.05, 3.63) is 107 Å². The van der Waals surface area contributed by atoms with Crippen LogP contribution in [0.15, 0.2) is 84.4 Å². The fourth-order valence-electron chi connectivity index (χ4n) is 7.59. The molecular formula is C44H49N7O8S. The highest BCUT2D eigenvalue weighted by atomic mass is 32.1. The summed E-state index contributed by atoms with van der Waals surface area (Å²) in [4.78, 5) is 71.6. The molecule has 1 saturated heterocycles. The summed E-state index contributed by atoms with van der Waals surface area (Å²) in [6.07, 6.45) is 3.21. The Balaban J connectivity index is 1.20. The number of fused-ring (bicyclic) bond motifs is 15. The van der Waals surface area contributed by atoms with Gasteiger partial charge in [-0.3, -0.25) is 19.2 Å². The quantitative estimate of drug-likeness (QED) is 0.217. The lowest BCUT2D eigenvalue weighted by molar-refractivity contribution is -0.145. The molecule has 314 valence electrons. The van der Waals surface area contributed by atoms with Crippen LogP contribution in [0.5, 0.6) is 11.5 Å². The molecule has 16 heteroatoms. The van der Waals surface area contributed by atoms with Crippen molar-refractivity contribution >= 4 is 51.0 Å². The Hall–Kier alpha value is -6.29. The number of para-hydroxylation sites is 1. The summed E-state index contributed by atoms with van der Waals surface area (Å²) < 4.78 is 19.8. The molecule has 3 N–H and O–H groups in total. The average molecular weight is 836 g/mol. The molecule has 0 saturated carbocycles. The van der Waals surface area contributed by atoms with Gasteiger partial charge in [-0.05, 0) is 77.4 Å². The molecule has 0 aliphatic carbocycles. The largest absolute Gasteiger partial charge is 0.492 e. The molecule has 4 bridgehead atoms. The van der Waals surface area contributed by atoms with Crippen molar-refractivity contribution in [3.8, 4) is 11.5 Å². The monoisotopic (exact) mass is 835 g/mol. The number of amides is 4. The molecule has 5 heterocycles. The zero-order valence-corrected chi connectivity index (χ0v) is 34.6. The first-order valence-corrected chi connectivity index (χ1v) is 21.0. The minimum Gasteiger partial charge on any atom is -0.492 e. The maximum atomic E-state index is 14.4. The number of hydrogen-bond acceptors (Lipinski definition) is 11. The third-order valence-electron chi connectivity index (χ3n) is 10.6. The summed E-state index contributed by atoms with van der Waals surface area (Å²) in [6.45, 7) is 4.92. The summed E-state index contributed by atoms with van der Waals surface area (Å²) in [5.74, 6) is -1.72. The number of nitrogens with zero attached hydrogens (tertiary/aromatic N) is 4. The Kier molecular flexibility index (Phi) is 13.4. The maximum absolute atomic E-state index is 14.4. The smallest absolute Gasteiger partial charge is 0.328 e. The second kappa shape index (κ2) is 19.2. The van der Waals surface area contributed by atoms with Crippen LogP contribution in [0.2, 0.25) is 0 Å². The fourth-order valence-corrected chi connectivity index (χ4v) is 8.56. The molecule has 4 amide bonds. The first-order valence-electron chi connectivity index (χ1n) is 20.1. The van der Waals surface area contributed by atoms with E-state index in [9.17, 15) is 24.0 Å². The zero-order chi connectivity index (χ0) is 42.2. The summed E-state index contributed by atoms with van der Waals surface area (Å²) in [6, 6.07) is 17.7. The minimum atomic E-state index is -1.11. The number of rotatable bonds is 5. The number of hydrogen-bond donors (Lipinski definition) is 3. The van der Waals surface area contributed by atoms with Crippen LogP contribution in [-0.2, 0) is 49.9 Å². The van der Waals surface area contributed by atoms with E-state index in [-0.39, 0.29) is 37.5 Å². The molecule has 5 aromatic rings. The van der Waals surface area contributed by atoms with Crippen molar-refractivity contribution in [2.45, 2.75) is 83.3 Å². The van der Waals surface area contributed by atoms with E-state index in [0.717, 1.165) is 21.2 Å². The average Bonchev–Trinajstić information content (AvgIpc) is 4.03. The molecule has 0 unspecified atom stereocenters. The third-order valence-corrected chi connectivity index (χ3v) is 11.6. The van der Waals surface area contributed by atoms with Crippen LogP contribution in [0.1, 0.15) is 60.3 Å². The lowest BCUT2D eigenvalue weighted by Gasteiger charge is -2.31. The first kappa shape index (κ1) is 41.9. The van der Waals surface area contributed by atoms with E-state index in [1.807, 2.05) is 43.5 Å². The van der Waals surface area contributed by atoms with Crippen molar-refractivity contribution in [2.75, 3.05) is 20.3 Å². The molecule has 60 heavy (non-hydrogen) atoms. The molecule has 0 radical (unpaired) electrons. The molecule has 3 aromatic carbocycles. The van der Waals surface area contributed by atoms with Gasteiger partial charge in [0.05, 0.1) is 25.4 Å². The van der Waals surface area contributed by atoms with Gasteiger partial charge in [-0.15, -0.1) is 16.4 Å². The normalized spacial score (nSPS) is 20.9. The van der Waals surface area contributed by atoms with Crippen molar-refractivity contribution in [1.82, 2.24) is 35.8 Å². The number of carbonyl (C=O) groups is 5. The highest BCUT2D eigenvalue weighted by molar-refractivity contribution is 7.17. The molecule has 2 aromatic heterocycles. The van der Waals surface area contributed by atoms with Crippen molar-refractivity contribution in [3.63, 3.8) is 0 Å². The van der Waals surface area contributed by atoms with Crippen molar-refractivity contribution in [1.29, 1.82) is 0 Å².